The molecular formula is C19H22N4O2S. The van der Waals surface area contributed by atoms with Crippen LogP contribution < -0.4 is 0 Å². The molecule has 2 heterocycles. The Morgan fingerprint density at radius 1 is 1.19 bits per heavy atom. The van der Waals surface area contributed by atoms with Crippen molar-refractivity contribution in [2.24, 2.45) is 0 Å². The van der Waals surface area contributed by atoms with Crippen molar-refractivity contribution in [2.75, 3.05) is 19.3 Å². The van der Waals surface area contributed by atoms with Crippen molar-refractivity contribution in [1.29, 1.82) is 0 Å². The largest absolute Gasteiger partial charge is 0.461 e. The van der Waals surface area contributed by atoms with Gasteiger partial charge in [-0.05, 0) is 30.7 Å². The van der Waals surface area contributed by atoms with Crippen molar-refractivity contribution in [3.63, 3.8) is 0 Å². The van der Waals surface area contributed by atoms with Gasteiger partial charge >= 0.3 is 0 Å². The van der Waals surface area contributed by atoms with Gasteiger partial charge in [-0.2, -0.15) is 0 Å². The van der Waals surface area contributed by atoms with E-state index in [2.05, 4.69) is 17.1 Å². The quantitative estimate of drug-likeness (QED) is 0.563. The second kappa shape index (κ2) is 8.71. The molecular weight excluding hydrogens is 348 g/mol. The van der Waals surface area contributed by atoms with E-state index >= 15 is 0 Å². The summed E-state index contributed by atoms with van der Waals surface area (Å²) in [6, 6.07) is 13.5. The third-order valence-corrected chi connectivity index (χ3v) is 4.90. The van der Waals surface area contributed by atoms with E-state index < -0.39 is 0 Å². The van der Waals surface area contributed by atoms with E-state index in [4.69, 9.17) is 4.42 Å². The summed E-state index contributed by atoms with van der Waals surface area (Å²) in [6.45, 7) is 2.89. The van der Waals surface area contributed by atoms with E-state index in [9.17, 15) is 4.79 Å². The van der Waals surface area contributed by atoms with Crippen molar-refractivity contribution in [2.45, 2.75) is 24.9 Å². The molecule has 26 heavy (non-hydrogen) atoms. The van der Waals surface area contributed by atoms with Crippen LogP contribution in [0, 0.1) is 0 Å². The maximum absolute atomic E-state index is 12.3. The maximum Gasteiger partial charge on any atom is 0.232 e. The molecule has 0 aliphatic heterocycles. The van der Waals surface area contributed by atoms with Crippen LogP contribution in [0.4, 0.5) is 0 Å². The fourth-order valence-corrected chi connectivity index (χ4v) is 3.39. The first-order valence-corrected chi connectivity index (χ1v) is 9.60. The summed E-state index contributed by atoms with van der Waals surface area (Å²) in [6.07, 6.45) is 3.69. The van der Waals surface area contributed by atoms with E-state index in [1.165, 1.54) is 11.8 Å². The molecule has 0 saturated heterocycles. The van der Waals surface area contributed by atoms with Crippen molar-refractivity contribution in [3.05, 3.63) is 48.7 Å². The number of carbonyl (C=O) groups excluding carboxylic acids is 1. The average Bonchev–Trinajstić information content (AvgIpc) is 3.34. The lowest BCUT2D eigenvalue weighted by Crippen LogP contribution is -2.29. The molecule has 6 nitrogen and oxygen atoms in total. The van der Waals surface area contributed by atoms with Crippen molar-refractivity contribution < 1.29 is 9.21 Å². The third-order valence-electron chi connectivity index (χ3n) is 3.99. The van der Waals surface area contributed by atoms with Crippen LogP contribution in [0.1, 0.15) is 19.8 Å². The number of unbranched alkanes of at least 4 members (excludes halogenated alkanes) is 1. The highest BCUT2D eigenvalue weighted by molar-refractivity contribution is 7.99. The van der Waals surface area contributed by atoms with Crippen molar-refractivity contribution in [3.8, 4) is 17.3 Å². The van der Waals surface area contributed by atoms with E-state index in [0.717, 1.165) is 25.1 Å². The van der Waals surface area contributed by atoms with E-state index in [0.29, 0.717) is 22.5 Å². The normalized spacial score (nSPS) is 10.8. The van der Waals surface area contributed by atoms with Gasteiger partial charge in [0, 0.05) is 19.3 Å². The topological polar surface area (TPSA) is 64.2 Å². The van der Waals surface area contributed by atoms with Crippen LogP contribution >= 0.6 is 11.8 Å². The second-order valence-electron chi connectivity index (χ2n) is 5.91. The van der Waals surface area contributed by atoms with Gasteiger partial charge in [0.15, 0.2) is 10.9 Å². The smallest absolute Gasteiger partial charge is 0.232 e. The summed E-state index contributed by atoms with van der Waals surface area (Å²) in [5, 5.41) is 9.23. The van der Waals surface area contributed by atoms with Gasteiger partial charge in [0.05, 0.1) is 12.0 Å². The molecule has 0 radical (unpaired) electrons. The van der Waals surface area contributed by atoms with Crippen LogP contribution in [-0.2, 0) is 4.79 Å². The molecule has 0 saturated carbocycles. The molecule has 0 unspecified atom stereocenters. The molecule has 0 aliphatic carbocycles. The highest BCUT2D eigenvalue weighted by atomic mass is 32.2. The van der Waals surface area contributed by atoms with Crippen LogP contribution in [0.25, 0.3) is 17.3 Å². The molecule has 7 heteroatoms. The number of carbonyl (C=O) groups is 1. The zero-order valence-corrected chi connectivity index (χ0v) is 15.8. The number of para-hydroxylation sites is 1. The average molecular weight is 370 g/mol. The second-order valence-corrected chi connectivity index (χ2v) is 6.85. The lowest BCUT2D eigenvalue weighted by Gasteiger charge is -2.16. The number of hydrogen-bond donors (Lipinski definition) is 0. The summed E-state index contributed by atoms with van der Waals surface area (Å²) < 4.78 is 7.41. The molecule has 0 bridgehead atoms. The van der Waals surface area contributed by atoms with Crippen LogP contribution in [0.2, 0.25) is 0 Å². The van der Waals surface area contributed by atoms with Crippen LogP contribution in [0.15, 0.2) is 58.3 Å². The molecule has 0 aliphatic rings. The number of furan rings is 1. The Bertz CT molecular complexity index is 831. The number of aromatic nitrogens is 3. The molecule has 2 aromatic heterocycles. The Balaban J connectivity index is 1.83. The van der Waals surface area contributed by atoms with Gasteiger partial charge in [0.1, 0.15) is 0 Å². The number of amides is 1. The minimum atomic E-state index is 0.0885. The number of nitrogens with zero attached hydrogens (tertiary/aromatic N) is 4. The Morgan fingerprint density at radius 3 is 2.69 bits per heavy atom. The number of hydrogen-bond acceptors (Lipinski definition) is 5. The Kier molecular flexibility index (Phi) is 6.12. The standard InChI is InChI=1S/C19H22N4O2S/c1-3-4-12-22(2)17(24)14-26-19-21-20-18(16-11-8-13-25-16)23(19)15-9-6-5-7-10-15/h5-11,13H,3-4,12,14H2,1-2H3. The van der Waals surface area contributed by atoms with Gasteiger partial charge in [0.2, 0.25) is 11.7 Å². The molecule has 1 amide bonds. The summed E-state index contributed by atoms with van der Waals surface area (Å²) in [5.41, 5.74) is 0.929. The van der Waals surface area contributed by atoms with Gasteiger partial charge in [-0.1, -0.05) is 43.3 Å². The predicted molar refractivity (Wildman–Crippen MR) is 102 cm³/mol. The zero-order chi connectivity index (χ0) is 18.4. The van der Waals surface area contributed by atoms with Gasteiger partial charge < -0.3 is 9.32 Å². The lowest BCUT2D eigenvalue weighted by molar-refractivity contribution is -0.127. The number of thioether (sulfide) groups is 1. The number of benzene rings is 1. The first kappa shape index (κ1) is 18.3. The summed E-state index contributed by atoms with van der Waals surface area (Å²) in [5.74, 6) is 1.67. The fraction of sp³-hybridized carbons (Fsp3) is 0.316. The van der Waals surface area contributed by atoms with Crippen molar-refractivity contribution in [1.82, 2.24) is 19.7 Å². The first-order chi connectivity index (χ1) is 12.7. The van der Waals surface area contributed by atoms with E-state index in [1.54, 1.807) is 11.2 Å². The zero-order valence-electron chi connectivity index (χ0n) is 15.0. The Labute approximate surface area is 157 Å². The van der Waals surface area contributed by atoms with Crippen molar-refractivity contribution >= 4 is 17.7 Å². The molecule has 136 valence electrons. The first-order valence-electron chi connectivity index (χ1n) is 8.62. The summed E-state index contributed by atoms with van der Waals surface area (Å²) in [4.78, 5) is 14.1. The molecule has 0 atom stereocenters. The molecule has 0 spiro atoms. The van der Waals surface area contributed by atoms with Crippen LogP contribution in [0.5, 0.6) is 0 Å². The SMILES string of the molecule is CCCCN(C)C(=O)CSc1nnc(-c2ccco2)n1-c1ccccc1. The van der Waals surface area contributed by atoms with E-state index in [1.807, 2.05) is 54.1 Å². The Morgan fingerprint density at radius 2 is 2.00 bits per heavy atom. The van der Waals surface area contributed by atoms with Crippen LogP contribution in [0.3, 0.4) is 0 Å². The van der Waals surface area contributed by atoms with Gasteiger partial charge in [-0.3, -0.25) is 9.36 Å². The minimum absolute atomic E-state index is 0.0885. The molecule has 1 aromatic carbocycles. The van der Waals surface area contributed by atoms with E-state index in [-0.39, 0.29) is 5.91 Å². The molecule has 0 N–H and O–H groups in total. The van der Waals surface area contributed by atoms with Gasteiger partial charge in [0.25, 0.3) is 0 Å². The maximum atomic E-state index is 12.3. The highest BCUT2D eigenvalue weighted by Crippen LogP contribution is 2.28. The fourth-order valence-electron chi connectivity index (χ4n) is 2.50. The minimum Gasteiger partial charge on any atom is -0.461 e. The van der Waals surface area contributed by atoms with Crippen LogP contribution in [-0.4, -0.2) is 44.9 Å². The predicted octanol–water partition coefficient (Wildman–Crippen LogP) is 3.88. The van der Waals surface area contributed by atoms with Gasteiger partial charge in [-0.25, -0.2) is 0 Å². The number of rotatable bonds is 8. The Hall–Kier alpha value is -2.54. The van der Waals surface area contributed by atoms with Gasteiger partial charge in [-0.15, -0.1) is 10.2 Å². The lowest BCUT2D eigenvalue weighted by atomic mass is 10.3. The summed E-state index contributed by atoms with van der Waals surface area (Å²) >= 11 is 1.39. The molecule has 3 aromatic rings. The highest BCUT2D eigenvalue weighted by Gasteiger charge is 2.19. The monoisotopic (exact) mass is 370 g/mol. The molecule has 3 rings (SSSR count). The summed E-state index contributed by atoms with van der Waals surface area (Å²) in [7, 11) is 1.84. The third kappa shape index (κ3) is 4.16. The molecule has 0 fully saturated rings.